The lowest BCUT2D eigenvalue weighted by atomic mass is 10.1. The molecule has 3 rings (SSSR count). The van der Waals surface area contributed by atoms with E-state index in [9.17, 15) is 4.79 Å². The average molecular weight is 228 g/mol. The lowest BCUT2D eigenvalue weighted by Gasteiger charge is -2.29. The molecule has 3 nitrogen and oxygen atoms in total. The van der Waals surface area contributed by atoms with E-state index < -0.39 is 0 Å². The minimum atomic E-state index is -0.101. The van der Waals surface area contributed by atoms with Crippen LogP contribution in [-0.4, -0.2) is 31.6 Å². The van der Waals surface area contributed by atoms with Crippen LogP contribution in [0.2, 0.25) is 0 Å². The van der Waals surface area contributed by atoms with E-state index in [0.29, 0.717) is 6.54 Å². The first-order valence-electron chi connectivity index (χ1n) is 6.19. The third-order valence-electron chi connectivity index (χ3n) is 3.48. The molecule has 1 atom stereocenters. The lowest BCUT2D eigenvalue weighted by molar-refractivity contribution is -0.108. The normalized spacial score (nSPS) is 23.1. The fourth-order valence-corrected chi connectivity index (χ4v) is 2.32. The van der Waals surface area contributed by atoms with Crippen molar-refractivity contribution in [1.82, 2.24) is 0 Å². The van der Waals surface area contributed by atoms with Gasteiger partial charge in [0, 0.05) is 24.0 Å². The SMILES string of the molecule is O=CC1CN=Cc2ccccc2N1CC1CC1. The quantitative estimate of drug-likeness (QED) is 0.740. The number of fused-ring (bicyclic) bond motifs is 1. The maximum atomic E-state index is 11.2. The van der Waals surface area contributed by atoms with Crippen LogP contribution < -0.4 is 4.90 Å². The van der Waals surface area contributed by atoms with Crippen molar-refractivity contribution < 1.29 is 4.79 Å². The molecule has 1 aliphatic carbocycles. The van der Waals surface area contributed by atoms with E-state index in [4.69, 9.17) is 0 Å². The average Bonchev–Trinajstić information content (AvgIpc) is 3.17. The molecule has 1 fully saturated rings. The van der Waals surface area contributed by atoms with Crippen LogP contribution in [0, 0.1) is 5.92 Å². The minimum Gasteiger partial charge on any atom is -0.359 e. The molecule has 0 saturated heterocycles. The molecule has 0 bridgehead atoms. The fraction of sp³-hybridized carbons (Fsp3) is 0.429. The summed E-state index contributed by atoms with van der Waals surface area (Å²) >= 11 is 0. The number of para-hydroxylation sites is 1. The van der Waals surface area contributed by atoms with Crippen LogP contribution in [0.25, 0.3) is 0 Å². The lowest BCUT2D eigenvalue weighted by Crippen LogP contribution is -2.40. The maximum absolute atomic E-state index is 11.2. The molecule has 1 unspecified atom stereocenters. The summed E-state index contributed by atoms with van der Waals surface area (Å²) in [5, 5.41) is 0. The molecule has 0 radical (unpaired) electrons. The van der Waals surface area contributed by atoms with Crippen molar-refractivity contribution in [2.24, 2.45) is 10.9 Å². The van der Waals surface area contributed by atoms with Gasteiger partial charge in [0.05, 0.1) is 6.54 Å². The first-order chi connectivity index (χ1) is 8.38. The van der Waals surface area contributed by atoms with Gasteiger partial charge in [0.1, 0.15) is 12.3 Å². The summed E-state index contributed by atoms with van der Waals surface area (Å²) in [6.45, 7) is 1.56. The first-order valence-corrected chi connectivity index (χ1v) is 6.19. The number of aliphatic imine (C=N–C) groups is 1. The Kier molecular flexibility index (Phi) is 2.67. The van der Waals surface area contributed by atoms with Crippen molar-refractivity contribution >= 4 is 18.2 Å². The Labute approximate surface area is 101 Å². The molecule has 3 heteroatoms. The molecule has 0 aromatic heterocycles. The summed E-state index contributed by atoms with van der Waals surface area (Å²) in [7, 11) is 0. The number of nitrogens with zero attached hydrogens (tertiary/aromatic N) is 2. The predicted molar refractivity (Wildman–Crippen MR) is 68.8 cm³/mol. The molecule has 17 heavy (non-hydrogen) atoms. The number of hydrogen-bond acceptors (Lipinski definition) is 3. The van der Waals surface area contributed by atoms with Gasteiger partial charge >= 0.3 is 0 Å². The van der Waals surface area contributed by atoms with Gasteiger partial charge in [-0.2, -0.15) is 0 Å². The van der Waals surface area contributed by atoms with Crippen LogP contribution in [0.5, 0.6) is 0 Å². The van der Waals surface area contributed by atoms with E-state index >= 15 is 0 Å². The fourth-order valence-electron chi connectivity index (χ4n) is 2.32. The third-order valence-corrected chi connectivity index (χ3v) is 3.48. The van der Waals surface area contributed by atoms with Gasteiger partial charge in [-0.25, -0.2) is 0 Å². The number of carbonyl (C=O) groups is 1. The molecule has 2 aliphatic rings. The molecule has 0 amide bonds. The van der Waals surface area contributed by atoms with Crippen LogP contribution in [0.1, 0.15) is 18.4 Å². The summed E-state index contributed by atoms with van der Waals surface area (Å²) in [5.74, 6) is 0.767. The number of carbonyl (C=O) groups excluding carboxylic acids is 1. The van der Waals surface area contributed by atoms with Gasteiger partial charge in [-0.3, -0.25) is 4.99 Å². The number of aldehydes is 1. The highest BCUT2D eigenvalue weighted by Crippen LogP contribution is 2.33. The van der Waals surface area contributed by atoms with Crippen LogP contribution in [0.3, 0.4) is 0 Å². The second-order valence-corrected chi connectivity index (χ2v) is 4.85. The maximum Gasteiger partial charge on any atom is 0.144 e. The van der Waals surface area contributed by atoms with Crippen molar-refractivity contribution in [3.8, 4) is 0 Å². The highest BCUT2D eigenvalue weighted by atomic mass is 16.1. The number of anilines is 1. The number of benzene rings is 1. The predicted octanol–water partition coefficient (Wildman–Crippen LogP) is 1.90. The zero-order chi connectivity index (χ0) is 11.7. The highest BCUT2D eigenvalue weighted by Gasteiger charge is 2.29. The molecule has 88 valence electrons. The Bertz CT molecular complexity index is 451. The Balaban J connectivity index is 1.97. The van der Waals surface area contributed by atoms with Gasteiger partial charge < -0.3 is 9.69 Å². The Morgan fingerprint density at radius 3 is 2.94 bits per heavy atom. The Morgan fingerprint density at radius 2 is 2.18 bits per heavy atom. The number of benzodiazepines with no additional fused rings is 1. The summed E-state index contributed by atoms with van der Waals surface area (Å²) in [6, 6.07) is 8.09. The van der Waals surface area contributed by atoms with Crippen molar-refractivity contribution in [1.29, 1.82) is 0 Å². The molecule has 0 N–H and O–H groups in total. The van der Waals surface area contributed by atoms with E-state index in [1.807, 2.05) is 18.3 Å². The van der Waals surface area contributed by atoms with Gasteiger partial charge in [-0.1, -0.05) is 18.2 Å². The zero-order valence-corrected chi connectivity index (χ0v) is 9.75. The highest BCUT2D eigenvalue weighted by molar-refractivity contribution is 5.90. The van der Waals surface area contributed by atoms with Crippen LogP contribution in [-0.2, 0) is 4.79 Å². The van der Waals surface area contributed by atoms with E-state index in [1.54, 1.807) is 0 Å². The third kappa shape index (κ3) is 2.09. The van der Waals surface area contributed by atoms with Gasteiger partial charge in [0.25, 0.3) is 0 Å². The van der Waals surface area contributed by atoms with Gasteiger partial charge in [-0.15, -0.1) is 0 Å². The van der Waals surface area contributed by atoms with Crippen LogP contribution in [0.4, 0.5) is 5.69 Å². The van der Waals surface area contributed by atoms with E-state index in [1.165, 1.54) is 12.8 Å². The van der Waals surface area contributed by atoms with Gasteiger partial charge in [0.15, 0.2) is 0 Å². The summed E-state index contributed by atoms with van der Waals surface area (Å²) in [4.78, 5) is 17.8. The molecule has 0 spiro atoms. The standard InChI is InChI=1S/C14H16N2O/c17-10-13-8-15-7-12-3-1-2-4-14(12)16(13)9-11-5-6-11/h1-4,7,10-11,13H,5-6,8-9H2. The van der Waals surface area contributed by atoms with Gasteiger partial charge in [-0.05, 0) is 24.8 Å². The Morgan fingerprint density at radius 1 is 1.35 bits per heavy atom. The van der Waals surface area contributed by atoms with E-state index in [0.717, 1.165) is 30.0 Å². The topological polar surface area (TPSA) is 32.7 Å². The summed E-state index contributed by atoms with van der Waals surface area (Å²) in [6.07, 6.45) is 5.51. The molecule has 1 aromatic rings. The number of hydrogen-bond donors (Lipinski definition) is 0. The molecular weight excluding hydrogens is 212 g/mol. The van der Waals surface area contributed by atoms with Crippen LogP contribution in [0.15, 0.2) is 29.3 Å². The first kappa shape index (κ1) is 10.5. The Hall–Kier alpha value is -1.64. The second-order valence-electron chi connectivity index (χ2n) is 4.85. The summed E-state index contributed by atoms with van der Waals surface area (Å²) in [5.41, 5.74) is 2.27. The van der Waals surface area contributed by atoms with E-state index in [-0.39, 0.29) is 6.04 Å². The van der Waals surface area contributed by atoms with Gasteiger partial charge in [0.2, 0.25) is 0 Å². The van der Waals surface area contributed by atoms with Crippen molar-refractivity contribution in [2.45, 2.75) is 18.9 Å². The molecule has 1 aromatic carbocycles. The van der Waals surface area contributed by atoms with E-state index in [2.05, 4.69) is 22.0 Å². The van der Waals surface area contributed by atoms with Crippen molar-refractivity contribution in [3.63, 3.8) is 0 Å². The second kappa shape index (κ2) is 4.32. The largest absolute Gasteiger partial charge is 0.359 e. The minimum absolute atomic E-state index is 0.101. The van der Waals surface area contributed by atoms with Crippen molar-refractivity contribution in [3.05, 3.63) is 29.8 Å². The summed E-state index contributed by atoms with van der Waals surface area (Å²) < 4.78 is 0. The molecular formula is C14H16N2O. The molecule has 1 saturated carbocycles. The van der Waals surface area contributed by atoms with Crippen molar-refractivity contribution in [2.75, 3.05) is 18.0 Å². The molecule has 1 heterocycles. The monoisotopic (exact) mass is 228 g/mol. The number of rotatable bonds is 3. The van der Waals surface area contributed by atoms with Crippen LogP contribution >= 0.6 is 0 Å². The zero-order valence-electron chi connectivity index (χ0n) is 9.75. The molecule has 1 aliphatic heterocycles. The smallest absolute Gasteiger partial charge is 0.144 e.